The van der Waals surface area contributed by atoms with Crippen molar-refractivity contribution in [3.05, 3.63) is 92.9 Å². The average molecular weight is 693 g/mol. The molecule has 238 valence electrons. The number of hydrogen-bond donors (Lipinski definition) is 1. The highest BCUT2D eigenvalue weighted by atomic mass is 35.5. The van der Waals surface area contributed by atoms with Gasteiger partial charge in [-0.05, 0) is 62.2 Å². The number of nitrogens with zero attached hydrogens (tertiary/aromatic N) is 2. The van der Waals surface area contributed by atoms with Gasteiger partial charge in [0.2, 0.25) is 11.8 Å². The van der Waals surface area contributed by atoms with E-state index in [0.717, 1.165) is 11.0 Å². The number of carbonyl (C=O) groups is 2. The number of nitrogens with one attached hydrogen (secondary N) is 1. The Morgan fingerprint density at radius 2 is 1.50 bits per heavy atom. The maximum atomic E-state index is 14.2. The highest BCUT2D eigenvalue weighted by molar-refractivity contribution is 7.92. The Labute approximate surface area is 269 Å². The van der Waals surface area contributed by atoms with Crippen molar-refractivity contribution < 1.29 is 31.2 Å². The second kappa shape index (κ2) is 14.9. The minimum Gasteiger partial charge on any atom is -0.352 e. The Hall–Kier alpha value is -2.99. The first-order chi connectivity index (χ1) is 20.6. The molecular weight excluding hydrogens is 662 g/mol. The van der Waals surface area contributed by atoms with Gasteiger partial charge in [0.1, 0.15) is 12.6 Å². The normalized spacial score (nSPS) is 13.2. The number of amides is 2. The van der Waals surface area contributed by atoms with Crippen LogP contribution in [0.1, 0.15) is 44.7 Å². The third-order valence-corrected chi connectivity index (χ3v) is 9.73. The van der Waals surface area contributed by atoms with E-state index in [9.17, 15) is 31.2 Å². The highest BCUT2D eigenvalue weighted by Crippen LogP contribution is 2.37. The number of carbonyl (C=O) groups excluding carboxylic acids is 2. The molecule has 44 heavy (non-hydrogen) atoms. The molecule has 0 aliphatic carbocycles. The van der Waals surface area contributed by atoms with E-state index in [1.807, 2.05) is 6.92 Å². The van der Waals surface area contributed by atoms with Gasteiger partial charge in [0.15, 0.2) is 0 Å². The fraction of sp³-hybridized carbons (Fsp3) is 0.333. The lowest BCUT2D eigenvalue weighted by Gasteiger charge is -2.34. The Kier molecular flexibility index (Phi) is 12.0. The van der Waals surface area contributed by atoms with Gasteiger partial charge in [0.05, 0.1) is 21.2 Å². The number of alkyl halides is 3. The van der Waals surface area contributed by atoms with Crippen molar-refractivity contribution >= 4 is 62.3 Å². The van der Waals surface area contributed by atoms with E-state index in [-0.39, 0.29) is 39.0 Å². The van der Waals surface area contributed by atoms with Crippen LogP contribution in [0.2, 0.25) is 15.1 Å². The monoisotopic (exact) mass is 691 g/mol. The minimum atomic E-state index is -4.83. The summed E-state index contributed by atoms with van der Waals surface area (Å²) in [7, 11) is -4.65. The molecule has 1 N–H and O–H groups in total. The summed E-state index contributed by atoms with van der Waals surface area (Å²) in [5.41, 5.74) is -1.43. The number of rotatable bonds is 12. The van der Waals surface area contributed by atoms with Gasteiger partial charge in [0, 0.05) is 28.2 Å². The van der Waals surface area contributed by atoms with Crippen molar-refractivity contribution in [1.82, 2.24) is 10.2 Å². The topological polar surface area (TPSA) is 86.8 Å². The average Bonchev–Trinajstić information content (AvgIpc) is 2.97. The van der Waals surface area contributed by atoms with Gasteiger partial charge in [0.25, 0.3) is 10.0 Å². The minimum absolute atomic E-state index is 0.117. The standard InChI is InChI=1S/C30H31Cl3F3N3O4S/c1-4-19(3)37-29(41)26(5-2)38(17-22-23(31)12-9-13-24(22)32)28(40)18-39(44(42,43)21-10-7-6-8-11-21)27-16-20(30(34,35)36)14-15-25(27)33/h6-16,19,26H,4-5,17-18H2,1-3H3,(H,37,41)/t19-,26+/m1/s1. The Morgan fingerprint density at radius 3 is 2.05 bits per heavy atom. The van der Waals surface area contributed by atoms with Crippen molar-refractivity contribution in [3.8, 4) is 0 Å². The molecule has 0 aliphatic heterocycles. The first kappa shape index (κ1) is 35.5. The Bertz CT molecular complexity index is 1570. The van der Waals surface area contributed by atoms with Crippen molar-refractivity contribution in [3.63, 3.8) is 0 Å². The fourth-order valence-electron chi connectivity index (χ4n) is 4.33. The molecule has 14 heteroatoms. The first-order valence-electron chi connectivity index (χ1n) is 13.6. The summed E-state index contributed by atoms with van der Waals surface area (Å²) >= 11 is 19.1. The quantitative estimate of drug-likeness (QED) is 0.212. The van der Waals surface area contributed by atoms with Crippen LogP contribution in [0.4, 0.5) is 18.9 Å². The summed E-state index contributed by atoms with van der Waals surface area (Å²) in [6, 6.07) is 12.4. The molecule has 0 saturated heterocycles. The van der Waals surface area contributed by atoms with Gasteiger partial charge < -0.3 is 10.2 Å². The summed E-state index contributed by atoms with van der Waals surface area (Å²) in [5.74, 6) is -1.41. The highest BCUT2D eigenvalue weighted by Gasteiger charge is 2.37. The molecule has 3 aromatic rings. The zero-order valence-corrected chi connectivity index (χ0v) is 27.1. The van der Waals surface area contributed by atoms with E-state index >= 15 is 0 Å². The van der Waals surface area contributed by atoms with Crippen LogP contribution >= 0.6 is 34.8 Å². The molecule has 2 atom stereocenters. The van der Waals surface area contributed by atoms with Crippen LogP contribution < -0.4 is 9.62 Å². The van der Waals surface area contributed by atoms with Gasteiger partial charge in [-0.1, -0.05) is 72.9 Å². The molecule has 0 unspecified atom stereocenters. The molecule has 0 aromatic heterocycles. The Morgan fingerprint density at radius 1 is 0.886 bits per heavy atom. The van der Waals surface area contributed by atoms with Crippen LogP contribution in [0.25, 0.3) is 0 Å². The van der Waals surface area contributed by atoms with Crippen LogP contribution in [0.15, 0.2) is 71.6 Å². The number of hydrogen-bond acceptors (Lipinski definition) is 4. The third-order valence-electron chi connectivity index (χ3n) is 6.93. The number of anilines is 1. The van der Waals surface area contributed by atoms with E-state index in [1.54, 1.807) is 38.1 Å². The van der Waals surface area contributed by atoms with Gasteiger partial charge in [-0.15, -0.1) is 0 Å². The van der Waals surface area contributed by atoms with Gasteiger partial charge >= 0.3 is 6.18 Å². The van der Waals surface area contributed by atoms with E-state index in [1.165, 1.54) is 24.3 Å². The van der Waals surface area contributed by atoms with Crippen molar-refractivity contribution in [1.29, 1.82) is 0 Å². The molecule has 3 aromatic carbocycles. The van der Waals surface area contributed by atoms with Gasteiger partial charge in [-0.25, -0.2) is 8.42 Å². The fourth-order valence-corrected chi connectivity index (χ4v) is 6.56. The molecule has 3 rings (SSSR count). The van der Waals surface area contributed by atoms with Crippen molar-refractivity contribution in [2.24, 2.45) is 0 Å². The second-order valence-electron chi connectivity index (χ2n) is 9.95. The van der Waals surface area contributed by atoms with Crippen LogP contribution in [0, 0.1) is 0 Å². The SMILES string of the molecule is CC[C@@H](C)NC(=O)[C@H](CC)N(Cc1c(Cl)cccc1Cl)C(=O)CN(c1cc(C(F)(F)F)ccc1Cl)S(=O)(=O)c1ccccc1. The third kappa shape index (κ3) is 8.38. The van der Waals surface area contributed by atoms with Gasteiger partial charge in [-0.2, -0.15) is 13.2 Å². The summed E-state index contributed by atoms with van der Waals surface area (Å²) in [4.78, 5) is 28.4. The molecule has 0 radical (unpaired) electrons. The van der Waals surface area contributed by atoms with Crippen LogP contribution in [0.3, 0.4) is 0 Å². The second-order valence-corrected chi connectivity index (χ2v) is 13.0. The molecule has 0 spiro atoms. The summed E-state index contributed by atoms with van der Waals surface area (Å²) in [6.45, 7) is 4.03. The lowest BCUT2D eigenvalue weighted by atomic mass is 10.1. The molecular formula is C30H31Cl3F3N3O4S. The molecule has 0 heterocycles. The first-order valence-corrected chi connectivity index (χ1v) is 16.2. The predicted octanol–water partition coefficient (Wildman–Crippen LogP) is 7.58. The van der Waals surface area contributed by atoms with Gasteiger partial charge in [-0.3, -0.25) is 13.9 Å². The predicted molar refractivity (Wildman–Crippen MR) is 166 cm³/mol. The van der Waals surface area contributed by atoms with Crippen LogP contribution in [0.5, 0.6) is 0 Å². The lowest BCUT2D eigenvalue weighted by Crippen LogP contribution is -2.53. The number of halogens is 6. The largest absolute Gasteiger partial charge is 0.416 e. The summed E-state index contributed by atoms with van der Waals surface area (Å²) in [5, 5.41) is 2.88. The molecule has 2 amide bonds. The van der Waals surface area contributed by atoms with Crippen LogP contribution in [-0.4, -0.2) is 43.8 Å². The zero-order chi connectivity index (χ0) is 32.8. The smallest absolute Gasteiger partial charge is 0.352 e. The summed E-state index contributed by atoms with van der Waals surface area (Å²) < 4.78 is 69.5. The van der Waals surface area contributed by atoms with E-state index in [0.29, 0.717) is 28.4 Å². The maximum absolute atomic E-state index is 14.2. The maximum Gasteiger partial charge on any atom is 0.416 e. The summed E-state index contributed by atoms with van der Waals surface area (Å²) in [6.07, 6.45) is -4.12. The van der Waals surface area contributed by atoms with Crippen LogP contribution in [-0.2, 0) is 32.3 Å². The van der Waals surface area contributed by atoms with Crippen molar-refractivity contribution in [2.75, 3.05) is 10.8 Å². The van der Waals surface area contributed by atoms with E-state index < -0.39 is 51.9 Å². The number of sulfonamides is 1. The zero-order valence-electron chi connectivity index (χ0n) is 24.0. The molecule has 0 bridgehead atoms. The van der Waals surface area contributed by atoms with Crippen molar-refractivity contribution in [2.45, 2.75) is 63.3 Å². The lowest BCUT2D eigenvalue weighted by molar-refractivity contribution is -0.140. The molecule has 0 saturated carbocycles. The molecule has 7 nitrogen and oxygen atoms in total. The van der Waals surface area contributed by atoms with E-state index in [4.69, 9.17) is 34.8 Å². The van der Waals surface area contributed by atoms with E-state index in [2.05, 4.69) is 5.32 Å². The molecule has 0 fully saturated rings. The number of benzene rings is 3. The Balaban J connectivity index is 2.19. The molecule has 0 aliphatic rings.